The number of rotatable bonds is 3. The molecule has 3 heterocycles. The highest BCUT2D eigenvalue weighted by molar-refractivity contribution is 5.93. The van der Waals surface area contributed by atoms with Gasteiger partial charge in [-0.1, -0.05) is 0 Å². The third-order valence-electron chi connectivity index (χ3n) is 3.77. The third kappa shape index (κ3) is 3.46. The molecule has 142 valence electrons. The molecule has 3 rings (SSSR count). The molecule has 4 N–H and O–H groups in total. The van der Waals surface area contributed by atoms with Crippen LogP contribution in [0.2, 0.25) is 0 Å². The Morgan fingerprint density at radius 3 is 2.65 bits per heavy atom. The number of hydrogen-bond donors (Lipinski definition) is 4. The number of aromatic nitrogens is 4. The quantitative estimate of drug-likeness (QED) is 0.577. The summed E-state index contributed by atoms with van der Waals surface area (Å²) in [5.41, 5.74) is -0.135. The van der Waals surface area contributed by atoms with E-state index in [-0.39, 0.29) is 17.0 Å². The van der Waals surface area contributed by atoms with Crippen LogP contribution in [0.25, 0.3) is 11.2 Å². The Balaban J connectivity index is 1.89. The number of carbonyl (C=O) groups excluding carboxylic acids is 1. The first kappa shape index (κ1) is 18.5. The summed E-state index contributed by atoms with van der Waals surface area (Å²) < 4.78 is 12.1. The number of aliphatic hydroxyl groups excluding tert-OH is 3. The SMILES string of the molecule is CC(C)(C)OC(=O)Nc1ncnc2c1ncn2[C@@H]1O[C@H](CO)[C@H](O)C1O. The first-order valence-corrected chi connectivity index (χ1v) is 8.01. The van der Waals surface area contributed by atoms with Crippen LogP contribution in [0.3, 0.4) is 0 Å². The largest absolute Gasteiger partial charge is 0.444 e. The molecule has 4 atom stereocenters. The van der Waals surface area contributed by atoms with E-state index in [0.29, 0.717) is 0 Å². The van der Waals surface area contributed by atoms with Crippen molar-refractivity contribution in [3.63, 3.8) is 0 Å². The topological polar surface area (TPSA) is 152 Å². The van der Waals surface area contributed by atoms with Crippen molar-refractivity contribution in [3.8, 4) is 0 Å². The standard InChI is InChI=1S/C15H21N5O6/c1-15(2,3)26-14(24)19-11-8-12(17-5-16-11)20(6-18-8)13-10(23)9(22)7(4-21)25-13/h5-7,9-10,13,21-23H,4H2,1-3H3,(H,16,17,19,24)/t7-,9+,10?,13-/m1/s1. The first-order valence-electron chi connectivity index (χ1n) is 8.01. The van der Waals surface area contributed by atoms with E-state index < -0.39 is 42.8 Å². The Bertz CT molecular complexity index is 803. The molecule has 1 fully saturated rings. The van der Waals surface area contributed by atoms with Gasteiger partial charge in [-0.25, -0.2) is 19.7 Å². The van der Waals surface area contributed by atoms with Crippen LogP contribution in [0.1, 0.15) is 27.0 Å². The fraction of sp³-hybridized carbons (Fsp3) is 0.600. The fourth-order valence-electron chi connectivity index (χ4n) is 2.64. The molecule has 11 heteroatoms. The molecule has 0 aromatic carbocycles. The lowest BCUT2D eigenvalue weighted by Crippen LogP contribution is -2.33. The van der Waals surface area contributed by atoms with Gasteiger partial charge in [0.25, 0.3) is 0 Å². The molecule has 1 unspecified atom stereocenters. The molecule has 1 saturated heterocycles. The second-order valence-electron chi connectivity index (χ2n) is 6.90. The van der Waals surface area contributed by atoms with Gasteiger partial charge in [0.2, 0.25) is 0 Å². The number of nitrogens with one attached hydrogen (secondary N) is 1. The highest BCUT2D eigenvalue weighted by atomic mass is 16.6. The first-order chi connectivity index (χ1) is 12.2. The lowest BCUT2D eigenvalue weighted by molar-refractivity contribution is -0.0511. The summed E-state index contributed by atoms with van der Waals surface area (Å²) in [6.45, 7) is 4.76. The van der Waals surface area contributed by atoms with Crippen molar-refractivity contribution in [2.24, 2.45) is 0 Å². The van der Waals surface area contributed by atoms with E-state index >= 15 is 0 Å². The molecular weight excluding hydrogens is 346 g/mol. The van der Waals surface area contributed by atoms with E-state index in [0.717, 1.165) is 0 Å². The predicted octanol–water partition coefficient (Wildman–Crippen LogP) is -0.215. The number of ether oxygens (including phenoxy) is 2. The van der Waals surface area contributed by atoms with E-state index in [2.05, 4.69) is 20.3 Å². The second-order valence-corrected chi connectivity index (χ2v) is 6.90. The molecule has 1 aliphatic heterocycles. The summed E-state index contributed by atoms with van der Waals surface area (Å²) >= 11 is 0. The molecule has 0 saturated carbocycles. The van der Waals surface area contributed by atoms with Gasteiger partial charge in [-0.2, -0.15) is 0 Å². The Hall–Kier alpha value is -2.34. The van der Waals surface area contributed by atoms with Crippen LogP contribution in [0.15, 0.2) is 12.7 Å². The Kier molecular flexibility index (Phi) is 4.80. The number of anilines is 1. The third-order valence-corrected chi connectivity index (χ3v) is 3.77. The van der Waals surface area contributed by atoms with E-state index in [4.69, 9.17) is 9.47 Å². The summed E-state index contributed by atoms with van der Waals surface area (Å²) in [7, 11) is 0. The number of aliphatic hydroxyl groups is 3. The average Bonchev–Trinajstić information content (AvgIpc) is 3.09. The zero-order valence-electron chi connectivity index (χ0n) is 14.5. The van der Waals surface area contributed by atoms with Gasteiger partial charge in [0.1, 0.15) is 30.2 Å². The van der Waals surface area contributed by atoms with E-state index in [1.807, 2.05) is 0 Å². The van der Waals surface area contributed by atoms with Gasteiger partial charge in [-0.15, -0.1) is 0 Å². The van der Waals surface area contributed by atoms with Gasteiger partial charge in [-0.05, 0) is 20.8 Å². The van der Waals surface area contributed by atoms with Gasteiger partial charge in [-0.3, -0.25) is 9.88 Å². The summed E-state index contributed by atoms with van der Waals surface area (Å²) in [4.78, 5) is 24.2. The monoisotopic (exact) mass is 367 g/mol. The van der Waals surface area contributed by atoms with Crippen LogP contribution < -0.4 is 5.32 Å². The van der Waals surface area contributed by atoms with Crippen molar-refractivity contribution in [2.45, 2.75) is 50.9 Å². The number of fused-ring (bicyclic) bond motifs is 1. The molecule has 0 spiro atoms. The predicted molar refractivity (Wildman–Crippen MR) is 88.2 cm³/mol. The van der Waals surface area contributed by atoms with Crippen molar-refractivity contribution in [3.05, 3.63) is 12.7 Å². The van der Waals surface area contributed by atoms with Crippen molar-refractivity contribution in [1.29, 1.82) is 0 Å². The second kappa shape index (κ2) is 6.76. The smallest absolute Gasteiger partial charge is 0.413 e. The normalized spacial score (nSPS) is 26.2. The molecule has 0 aliphatic carbocycles. The lowest BCUT2D eigenvalue weighted by atomic mass is 10.1. The highest BCUT2D eigenvalue weighted by Gasteiger charge is 2.44. The number of carbonyl (C=O) groups is 1. The van der Waals surface area contributed by atoms with Crippen molar-refractivity contribution < 1.29 is 29.6 Å². The summed E-state index contributed by atoms with van der Waals surface area (Å²) in [6, 6.07) is 0. The van der Waals surface area contributed by atoms with Crippen LogP contribution in [-0.4, -0.2) is 71.5 Å². The van der Waals surface area contributed by atoms with Crippen molar-refractivity contribution in [2.75, 3.05) is 11.9 Å². The van der Waals surface area contributed by atoms with E-state index in [1.165, 1.54) is 17.2 Å². The minimum absolute atomic E-state index is 0.134. The van der Waals surface area contributed by atoms with Crippen LogP contribution >= 0.6 is 0 Å². The Labute approximate surface area is 148 Å². The van der Waals surface area contributed by atoms with Gasteiger partial charge < -0.3 is 24.8 Å². The van der Waals surface area contributed by atoms with Crippen molar-refractivity contribution >= 4 is 23.1 Å². The Morgan fingerprint density at radius 1 is 1.31 bits per heavy atom. The highest BCUT2D eigenvalue weighted by Crippen LogP contribution is 2.32. The maximum absolute atomic E-state index is 12.0. The molecule has 1 aliphatic rings. The summed E-state index contributed by atoms with van der Waals surface area (Å²) in [6.07, 6.45) is -2.57. The maximum Gasteiger partial charge on any atom is 0.413 e. The van der Waals surface area contributed by atoms with E-state index in [9.17, 15) is 20.1 Å². The van der Waals surface area contributed by atoms with Gasteiger partial charge in [0.05, 0.1) is 12.9 Å². The molecule has 1 amide bonds. The molecule has 2 aromatic heterocycles. The van der Waals surface area contributed by atoms with Gasteiger partial charge in [0, 0.05) is 0 Å². The summed E-state index contributed by atoms with van der Waals surface area (Å²) in [5.74, 6) is 0.134. The Morgan fingerprint density at radius 2 is 2.04 bits per heavy atom. The minimum atomic E-state index is -1.28. The van der Waals surface area contributed by atoms with Gasteiger partial charge in [0.15, 0.2) is 23.2 Å². The van der Waals surface area contributed by atoms with Crippen LogP contribution in [0.4, 0.5) is 10.6 Å². The van der Waals surface area contributed by atoms with Crippen LogP contribution in [0, 0.1) is 0 Å². The number of nitrogens with zero attached hydrogens (tertiary/aromatic N) is 4. The zero-order chi connectivity index (χ0) is 19.1. The molecule has 11 nitrogen and oxygen atoms in total. The minimum Gasteiger partial charge on any atom is -0.444 e. The number of amides is 1. The molecule has 2 aromatic rings. The molecular formula is C15H21N5O6. The summed E-state index contributed by atoms with van der Waals surface area (Å²) in [5, 5.41) is 31.8. The lowest BCUT2D eigenvalue weighted by Gasteiger charge is -2.19. The molecule has 0 radical (unpaired) electrons. The maximum atomic E-state index is 12.0. The zero-order valence-corrected chi connectivity index (χ0v) is 14.5. The number of hydrogen-bond acceptors (Lipinski definition) is 9. The van der Waals surface area contributed by atoms with Crippen molar-refractivity contribution in [1.82, 2.24) is 19.5 Å². The number of imidazole rings is 1. The van der Waals surface area contributed by atoms with Gasteiger partial charge >= 0.3 is 6.09 Å². The average molecular weight is 367 g/mol. The fourth-order valence-corrected chi connectivity index (χ4v) is 2.64. The van der Waals surface area contributed by atoms with Crippen LogP contribution in [0.5, 0.6) is 0 Å². The molecule has 0 bridgehead atoms. The van der Waals surface area contributed by atoms with Crippen LogP contribution in [-0.2, 0) is 9.47 Å². The molecule has 26 heavy (non-hydrogen) atoms. The van der Waals surface area contributed by atoms with E-state index in [1.54, 1.807) is 20.8 Å².